The molecular weight excluding hydrogens is 260 g/mol. The van der Waals surface area contributed by atoms with Crippen molar-refractivity contribution >= 4 is 0 Å². The topological polar surface area (TPSA) is 24.5 Å². The van der Waals surface area contributed by atoms with Gasteiger partial charge in [0.25, 0.3) is 0 Å². The van der Waals surface area contributed by atoms with Gasteiger partial charge in [-0.25, -0.2) is 0 Å². The highest BCUT2D eigenvalue weighted by molar-refractivity contribution is 4.96. The van der Waals surface area contributed by atoms with Crippen LogP contribution in [-0.2, 0) is 4.74 Å². The van der Waals surface area contributed by atoms with Gasteiger partial charge >= 0.3 is 0 Å². The summed E-state index contributed by atoms with van der Waals surface area (Å²) in [6.07, 6.45) is 12.7. The zero-order chi connectivity index (χ0) is 14.1. The van der Waals surface area contributed by atoms with E-state index in [9.17, 15) is 0 Å². The van der Waals surface area contributed by atoms with Crippen LogP contribution >= 0.6 is 0 Å². The maximum Gasteiger partial charge on any atom is 0.0546 e. The maximum absolute atomic E-state index is 5.92. The second kappa shape index (κ2) is 6.17. The highest BCUT2D eigenvalue weighted by Gasteiger charge is 2.42. The van der Waals surface area contributed by atoms with Crippen LogP contribution in [0.5, 0.6) is 0 Å². The van der Waals surface area contributed by atoms with E-state index >= 15 is 0 Å². The first-order valence-corrected chi connectivity index (χ1v) is 9.40. The van der Waals surface area contributed by atoms with Gasteiger partial charge in [0.15, 0.2) is 0 Å². The molecule has 1 N–H and O–H groups in total. The highest BCUT2D eigenvalue weighted by Crippen LogP contribution is 2.39. The summed E-state index contributed by atoms with van der Waals surface area (Å²) in [4.78, 5) is 2.85. The van der Waals surface area contributed by atoms with Crippen LogP contribution in [0.2, 0.25) is 0 Å². The number of hydrogen-bond acceptors (Lipinski definition) is 3. The van der Waals surface area contributed by atoms with E-state index < -0.39 is 0 Å². The monoisotopic (exact) mass is 292 g/mol. The van der Waals surface area contributed by atoms with Crippen molar-refractivity contribution in [3.05, 3.63) is 0 Å². The molecule has 0 aromatic heterocycles. The summed E-state index contributed by atoms with van der Waals surface area (Å²) in [5.41, 5.74) is 0.396. The molecule has 0 spiro atoms. The van der Waals surface area contributed by atoms with Crippen molar-refractivity contribution in [2.75, 3.05) is 32.8 Å². The Morgan fingerprint density at radius 1 is 1.05 bits per heavy atom. The maximum atomic E-state index is 5.92. The fourth-order valence-electron chi connectivity index (χ4n) is 5.01. The lowest BCUT2D eigenvalue weighted by molar-refractivity contribution is -0.0311. The minimum absolute atomic E-state index is 0.396. The van der Waals surface area contributed by atoms with Gasteiger partial charge in [0.2, 0.25) is 0 Å². The predicted octanol–water partition coefficient (Wildman–Crippen LogP) is 2.80. The fraction of sp³-hybridized carbons (Fsp3) is 1.00. The molecule has 4 fully saturated rings. The van der Waals surface area contributed by atoms with E-state index in [1.807, 2.05) is 0 Å². The van der Waals surface area contributed by atoms with Crippen molar-refractivity contribution in [1.29, 1.82) is 0 Å². The minimum Gasteiger partial charge on any atom is -0.381 e. The zero-order valence-electron chi connectivity index (χ0n) is 13.5. The minimum atomic E-state index is 0.396. The predicted molar refractivity (Wildman–Crippen MR) is 85.4 cm³/mol. The van der Waals surface area contributed by atoms with Crippen molar-refractivity contribution < 1.29 is 4.74 Å². The van der Waals surface area contributed by atoms with E-state index in [1.165, 1.54) is 77.4 Å². The summed E-state index contributed by atoms with van der Waals surface area (Å²) in [6.45, 7) is 5.79. The first kappa shape index (κ1) is 14.5. The van der Waals surface area contributed by atoms with Crippen LogP contribution in [0.4, 0.5) is 0 Å². The Labute approximate surface area is 129 Å². The van der Waals surface area contributed by atoms with Crippen LogP contribution in [0.25, 0.3) is 0 Å². The van der Waals surface area contributed by atoms with E-state index in [2.05, 4.69) is 10.2 Å². The lowest BCUT2D eigenvalue weighted by Gasteiger charge is -2.43. The molecule has 2 aliphatic carbocycles. The van der Waals surface area contributed by atoms with E-state index in [4.69, 9.17) is 4.74 Å². The number of nitrogens with zero attached hydrogens (tertiary/aromatic N) is 1. The number of fused-ring (bicyclic) bond motifs is 1. The molecule has 4 aliphatic rings. The fourth-order valence-corrected chi connectivity index (χ4v) is 5.01. The molecule has 4 rings (SSSR count). The highest BCUT2D eigenvalue weighted by atomic mass is 16.5. The van der Waals surface area contributed by atoms with Crippen molar-refractivity contribution in [3.8, 4) is 0 Å². The van der Waals surface area contributed by atoms with Gasteiger partial charge in [0.05, 0.1) is 6.61 Å². The van der Waals surface area contributed by atoms with Gasteiger partial charge in [0, 0.05) is 37.2 Å². The van der Waals surface area contributed by atoms with Crippen LogP contribution in [0.15, 0.2) is 0 Å². The average Bonchev–Trinajstić information content (AvgIpc) is 3.28. The standard InChI is InChI=1S/C18H32N2O/c1-2-5-17-15(4-1)8-10-20(17)13-18(9-3-11-21-14-18)12-19-16-6-7-16/h15-17,19H,1-14H2. The molecule has 2 aliphatic heterocycles. The first-order valence-electron chi connectivity index (χ1n) is 9.40. The summed E-state index contributed by atoms with van der Waals surface area (Å²) in [5, 5.41) is 3.81. The number of hydrogen-bond donors (Lipinski definition) is 1. The Kier molecular flexibility index (Phi) is 4.25. The summed E-state index contributed by atoms with van der Waals surface area (Å²) in [6, 6.07) is 1.73. The van der Waals surface area contributed by atoms with Crippen molar-refractivity contribution in [1.82, 2.24) is 10.2 Å². The van der Waals surface area contributed by atoms with Crippen LogP contribution < -0.4 is 5.32 Å². The average molecular weight is 292 g/mol. The Morgan fingerprint density at radius 3 is 2.76 bits per heavy atom. The molecule has 21 heavy (non-hydrogen) atoms. The lowest BCUT2D eigenvalue weighted by atomic mass is 9.80. The van der Waals surface area contributed by atoms with Crippen LogP contribution in [0.1, 0.15) is 57.8 Å². The molecule has 2 saturated heterocycles. The lowest BCUT2D eigenvalue weighted by Crippen LogP contribution is -2.51. The third-order valence-corrected chi connectivity index (χ3v) is 6.41. The van der Waals surface area contributed by atoms with E-state index in [0.29, 0.717) is 5.41 Å². The molecule has 0 bridgehead atoms. The van der Waals surface area contributed by atoms with Gasteiger partial charge in [-0.2, -0.15) is 0 Å². The Balaban J connectivity index is 1.40. The van der Waals surface area contributed by atoms with E-state index in [1.54, 1.807) is 0 Å². The SMILES string of the molecule is C1CCC2C(C1)CCN2CC1(CNC2CC2)CCCOC1. The van der Waals surface area contributed by atoms with E-state index in [-0.39, 0.29) is 0 Å². The molecule has 2 saturated carbocycles. The van der Waals surface area contributed by atoms with Gasteiger partial charge in [-0.15, -0.1) is 0 Å². The normalized spacial score (nSPS) is 41.1. The molecule has 120 valence electrons. The number of rotatable bonds is 5. The van der Waals surface area contributed by atoms with E-state index in [0.717, 1.165) is 31.2 Å². The van der Waals surface area contributed by atoms with Gasteiger partial charge in [-0.3, -0.25) is 4.90 Å². The third-order valence-electron chi connectivity index (χ3n) is 6.41. The smallest absolute Gasteiger partial charge is 0.0546 e. The Bertz CT molecular complexity index is 349. The van der Waals surface area contributed by atoms with Crippen LogP contribution in [0.3, 0.4) is 0 Å². The first-order chi connectivity index (χ1) is 10.3. The second-order valence-corrected chi connectivity index (χ2v) is 8.18. The summed E-state index contributed by atoms with van der Waals surface area (Å²) >= 11 is 0. The summed E-state index contributed by atoms with van der Waals surface area (Å²) < 4.78 is 5.92. The van der Waals surface area contributed by atoms with Crippen LogP contribution in [-0.4, -0.2) is 49.8 Å². The van der Waals surface area contributed by atoms with Gasteiger partial charge < -0.3 is 10.1 Å². The molecule has 3 unspecified atom stereocenters. The molecule has 3 atom stereocenters. The molecule has 3 nitrogen and oxygen atoms in total. The van der Waals surface area contributed by atoms with Crippen molar-refractivity contribution in [2.45, 2.75) is 69.9 Å². The summed E-state index contributed by atoms with van der Waals surface area (Å²) in [7, 11) is 0. The Morgan fingerprint density at radius 2 is 1.95 bits per heavy atom. The van der Waals surface area contributed by atoms with Crippen molar-refractivity contribution in [2.24, 2.45) is 11.3 Å². The second-order valence-electron chi connectivity index (χ2n) is 8.18. The molecule has 0 aromatic carbocycles. The van der Waals surface area contributed by atoms with Gasteiger partial charge in [-0.1, -0.05) is 12.8 Å². The number of nitrogens with one attached hydrogen (secondary N) is 1. The van der Waals surface area contributed by atoms with Crippen LogP contribution in [0, 0.1) is 11.3 Å². The number of likely N-dealkylation sites (tertiary alicyclic amines) is 1. The molecule has 2 heterocycles. The summed E-state index contributed by atoms with van der Waals surface area (Å²) in [5.74, 6) is 1.01. The Hall–Kier alpha value is -0.120. The molecule has 0 amide bonds. The molecule has 3 heteroatoms. The number of ether oxygens (including phenoxy) is 1. The van der Waals surface area contributed by atoms with Crippen molar-refractivity contribution in [3.63, 3.8) is 0 Å². The molecule has 0 aromatic rings. The molecular formula is C18H32N2O. The van der Waals surface area contributed by atoms with Gasteiger partial charge in [-0.05, 0) is 57.4 Å². The molecule has 0 radical (unpaired) electrons. The third kappa shape index (κ3) is 3.30. The van der Waals surface area contributed by atoms with Gasteiger partial charge in [0.1, 0.15) is 0 Å². The zero-order valence-corrected chi connectivity index (χ0v) is 13.5. The largest absolute Gasteiger partial charge is 0.381 e. The quantitative estimate of drug-likeness (QED) is 0.843.